The topological polar surface area (TPSA) is 84.7 Å². The van der Waals surface area contributed by atoms with Gasteiger partial charge in [0, 0.05) is 31.3 Å². The summed E-state index contributed by atoms with van der Waals surface area (Å²) in [5.74, 6) is 0.165. The highest BCUT2D eigenvalue weighted by Gasteiger charge is 2.19. The van der Waals surface area contributed by atoms with Gasteiger partial charge in [0.25, 0.3) is 5.69 Å². The van der Waals surface area contributed by atoms with Crippen molar-refractivity contribution in [3.63, 3.8) is 0 Å². The van der Waals surface area contributed by atoms with Crippen LogP contribution in [0, 0.1) is 10.1 Å². The molecule has 0 spiro atoms. The molecule has 1 amide bonds. The van der Waals surface area contributed by atoms with Crippen molar-refractivity contribution in [1.82, 2.24) is 0 Å². The fourth-order valence-electron chi connectivity index (χ4n) is 3.14. The lowest BCUT2D eigenvalue weighted by atomic mass is 10.0. The Balaban J connectivity index is 1.75. The van der Waals surface area contributed by atoms with Crippen LogP contribution >= 0.6 is 0 Å². The SMILES string of the molecule is CC(C)c1ccc(/C=C/C(=O)Nc2ccc([N+](=O)[O-])cc2N2CCOCC2)cc1. The Morgan fingerprint density at radius 3 is 2.48 bits per heavy atom. The van der Waals surface area contributed by atoms with E-state index >= 15 is 0 Å². The molecule has 2 aromatic carbocycles. The van der Waals surface area contributed by atoms with E-state index in [1.807, 2.05) is 17.0 Å². The summed E-state index contributed by atoms with van der Waals surface area (Å²) >= 11 is 0. The molecule has 0 radical (unpaired) electrons. The monoisotopic (exact) mass is 395 g/mol. The molecule has 1 heterocycles. The maximum atomic E-state index is 12.4. The third-order valence-electron chi connectivity index (χ3n) is 4.83. The average molecular weight is 395 g/mol. The summed E-state index contributed by atoms with van der Waals surface area (Å²) in [5.41, 5.74) is 3.34. The Morgan fingerprint density at radius 2 is 1.86 bits per heavy atom. The number of nitrogens with zero attached hydrogens (tertiary/aromatic N) is 2. The molecule has 0 saturated carbocycles. The van der Waals surface area contributed by atoms with Gasteiger partial charge in [-0.1, -0.05) is 38.1 Å². The first kappa shape index (κ1) is 20.5. The first-order valence-corrected chi connectivity index (χ1v) is 9.64. The molecule has 1 saturated heterocycles. The Bertz CT molecular complexity index is 901. The Morgan fingerprint density at radius 1 is 1.17 bits per heavy atom. The molecule has 0 atom stereocenters. The van der Waals surface area contributed by atoms with E-state index in [9.17, 15) is 14.9 Å². The number of hydrogen-bond donors (Lipinski definition) is 1. The van der Waals surface area contributed by atoms with Crippen molar-refractivity contribution in [2.45, 2.75) is 19.8 Å². The predicted octanol–water partition coefficient (Wildman–Crippen LogP) is 4.21. The number of nitro benzene ring substituents is 1. The Kier molecular flexibility index (Phi) is 6.61. The normalized spacial score (nSPS) is 14.4. The first-order chi connectivity index (χ1) is 13.9. The number of nitro groups is 1. The fraction of sp³-hybridized carbons (Fsp3) is 0.318. The highest BCUT2D eigenvalue weighted by Crippen LogP contribution is 2.31. The maximum Gasteiger partial charge on any atom is 0.271 e. The zero-order chi connectivity index (χ0) is 20.8. The van der Waals surface area contributed by atoms with Crippen LogP contribution in [0.2, 0.25) is 0 Å². The molecular formula is C22H25N3O4. The van der Waals surface area contributed by atoms with Gasteiger partial charge in [0.2, 0.25) is 5.91 Å². The molecule has 1 aliphatic heterocycles. The number of anilines is 2. The van der Waals surface area contributed by atoms with Crippen LogP contribution in [0.3, 0.4) is 0 Å². The molecule has 0 aliphatic carbocycles. The van der Waals surface area contributed by atoms with Gasteiger partial charge in [-0.15, -0.1) is 0 Å². The van der Waals surface area contributed by atoms with Gasteiger partial charge in [0.1, 0.15) is 0 Å². The largest absolute Gasteiger partial charge is 0.378 e. The summed E-state index contributed by atoms with van der Waals surface area (Å²) in [6, 6.07) is 12.5. The number of rotatable bonds is 6. The van der Waals surface area contributed by atoms with Gasteiger partial charge in [-0.2, -0.15) is 0 Å². The minimum atomic E-state index is -0.434. The lowest BCUT2D eigenvalue weighted by Gasteiger charge is -2.30. The third kappa shape index (κ3) is 5.42. The number of morpholine rings is 1. The number of carbonyl (C=O) groups is 1. The van der Waals surface area contributed by atoms with Crippen molar-refractivity contribution in [2.24, 2.45) is 0 Å². The minimum Gasteiger partial charge on any atom is -0.378 e. The lowest BCUT2D eigenvalue weighted by molar-refractivity contribution is -0.384. The summed E-state index contributed by atoms with van der Waals surface area (Å²) in [7, 11) is 0. The summed E-state index contributed by atoms with van der Waals surface area (Å²) in [5, 5.41) is 14.0. The highest BCUT2D eigenvalue weighted by molar-refractivity contribution is 6.04. The number of nitrogens with one attached hydrogen (secondary N) is 1. The fourth-order valence-corrected chi connectivity index (χ4v) is 3.14. The molecule has 7 heteroatoms. The Hall–Kier alpha value is -3.19. The Labute approximate surface area is 170 Å². The third-order valence-corrected chi connectivity index (χ3v) is 4.83. The van der Waals surface area contributed by atoms with Crippen LogP contribution in [0.1, 0.15) is 30.9 Å². The van der Waals surface area contributed by atoms with Gasteiger partial charge < -0.3 is 15.0 Å². The predicted molar refractivity (Wildman–Crippen MR) is 114 cm³/mol. The number of non-ortho nitro benzene ring substituents is 1. The van der Waals surface area contributed by atoms with Crippen LogP contribution in [0.25, 0.3) is 6.08 Å². The van der Waals surface area contributed by atoms with Crippen LogP contribution in [0.15, 0.2) is 48.5 Å². The molecule has 0 unspecified atom stereocenters. The summed E-state index contributed by atoms with van der Waals surface area (Å²) in [4.78, 5) is 25.2. The standard InChI is InChI=1S/C22H25N3O4/c1-16(2)18-6-3-17(4-7-18)5-10-22(26)23-20-9-8-19(25(27)28)15-21(20)24-11-13-29-14-12-24/h3-10,15-16H,11-14H2,1-2H3,(H,23,26)/b10-5+. The highest BCUT2D eigenvalue weighted by atomic mass is 16.6. The second kappa shape index (κ2) is 9.34. The molecule has 152 valence electrons. The number of hydrogen-bond acceptors (Lipinski definition) is 5. The number of amides is 1. The number of benzene rings is 2. The van der Waals surface area contributed by atoms with Crippen molar-refractivity contribution in [2.75, 3.05) is 36.5 Å². The molecule has 1 N–H and O–H groups in total. The molecule has 3 rings (SSSR count). The molecule has 7 nitrogen and oxygen atoms in total. The molecule has 0 aromatic heterocycles. The van der Waals surface area contributed by atoms with Gasteiger partial charge in [0.15, 0.2) is 0 Å². The second-order valence-electron chi connectivity index (χ2n) is 7.20. The van der Waals surface area contributed by atoms with Crippen molar-refractivity contribution < 1.29 is 14.5 Å². The smallest absolute Gasteiger partial charge is 0.271 e. The van der Waals surface area contributed by atoms with Crippen LogP contribution in [0.5, 0.6) is 0 Å². The van der Waals surface area contributed by atoms with Crippen molar-refractivity contribution in [3.8, 4) is 0 Å². The van der Waals surface area contributed by atoms with E-state index in [0.29, 0.717) is 43.6 Å². The van der Waals surface area contributed by atoms with E-state index in [4.69, 9.17) is 4.74 Å². The van der Waals surface area contributed by atoms with E-state index in [1.165, 1.54) is 23.8 Å². The maximum absolute atomic E-state index is 12.4. The number of ether oxygens (including phenoxy) is 1. The van der Waals surface area contributed by atoms with Gasteiger partial charge in [0.05, 0.1) is 29.5 Å². The van der Waals surface area contributed by atoms with Gasteiger partial charge in [-0.25, -0.2) is 0 Å². The van der Waals surface area contributed by atoms with E-state index in [2.05, 4.69) is 31.3 Å². The summed E-state index contributed by atoms with van der Waals surface area (Å²) in [6.45, 7) is 6.58. The lowest BCUT2D eigenvalue weighted by Crippen LogP contribution is -2.36. The van der Waals surface area contributed by atoms with E-state index in [0.717, 1.165) is 5.56 Å². The quantitative estimate of drug-likeness (QED) is 0.450. The second-order valence-corrected chi connectivity index (χ2v) is 7.20. The van der Waals surface area contributed by atoms with E-state index < -0.39 is 4.92 Å². The van der Waals surface area contributed by atoms with E-state index in [1.54, 1.807) is 12.1 Å². The van der Waals surface area contributed by atoms with Crippen LogP contribution in [-0.2, 0) is 9.53 Å². The molecule has 2 aromatic rings. The summed E-state index contributed by atoms with van der Waals surface area (Å²) < 4.78 is 5.36. The van der Waals surface area contributed by atoms with Crippen LogP contribution < -0.4 is 10.2 Å². The molecular weight excluding hydrogens is 370 g/mol. The molecule has 29 heavy (non-hydrogen) atoms. The first-order valence-electron chi connectivity index (χ1n) is 9.64. The summed E-state index contributed by atoms with van der Waals surface area (Å²) in [6.07, 6.45) is 3.22. The minimum absolute atomic E-state index is 0.00900. The average Bonchev–Trinajstić information content (AvgIpc) is 2.73. The molecule has 1 aliphatic rings. The van der Waals surface area contributed by atoms with Crippen molar-refractivity contribution >= 4 is 29.0 Å². The zero-order valence-corrected chi connectivity index (χ0v) is 16.6. The zero-order valence-electron chi connectivity index (χ0n) is 16.6. The van der Waals surface area contributed by atoms with Gasteiger partial charge in [-0.05, 0) is 29.2 Å². The van der Waals surface area contributed by atoms with E-state index in [-0.39, 0.29) is 11.6 Å². The van der Waals surface area contributed by atoms with Crippen molar-refractivity contribution in [1.29, 1.82) is 0 Å². The number of carbonyl (C=O) groups excluding carboxylic acids is 1. The van der Waals surface area contributed by atoms with Crippen LogP contribution in [-0.4, -0.2) is 37.1 Å². The van der Waals surface area contributed by atoms with Crippen LogP contribution in [0.4, 0.5) is 17.1 Å². The molecule has 1 fully saturated rings. The van der Waals surface area contributed by atoms with Crippen molar-refractivity contribution in [3.05, 3.63) is 69.8 Å². The molecule has 0 bridgehead atoms. The van der Waals surface area contributed by atoms with Gasteiger partial charge in [-0.3, -0.25) is 14.9 Å². The van der Waals surface area contributed by atoms with Gasteiger partial charge >= 0.3 is 0 Å².